The lowest BCUT2D eigenvalue weighted by Gasteiger charge is -2.36. The molecule has 1 aromatic carbocycles. The van der Waals surface area contributed by atoms with Crippen molar-refractivity contribution < 1.29 is 4.92 Å². The van der Waals surface area contributed by atoms with E-state index in [1.54, 1.807) is 12.1 Å². The predicted octanol–water partition coefficient (Wildman–Crippen LogP) is 2.97. The summed E-state index contributed by atoms with van der Waals surface area (Å²) < 4.78 is 0. The van der Waals surface area contributed by atoms with Crippen LogP contribution in [-0.2, 0) is 0 Å². The van der Waals surface area contributed by atoms with Crippen LogP contribution in [-0.4, -0.2) is 30.1 Å². The molecule has 20 heavy (non-hydrogen) atoms. The van der Waals surface area contributed by atoms with Gasteiger partial charge in [-0.1, -0.05) is 11.6 Å². The molecule has 5 nitrogen and oxygen atoms in total. The molecule has 3 rings (SSSR count). The van der Waals surface area contributed by atoms with Gasteiger partial charge in [-0.3, -0.25) is 10.1 Å². The second kappa shape index (κ2) is 5.22. The first-order valence-corrected chi connectivity index (χ1v) is 7.35. The van der Waals surface area contributed by atoms with Crippen LogP contribution in [0.2, 0.25) is 5.02 Å². The van der Waals surface area contributed by atoms with Gasteiger partial charge < -0.3 is 10.2 Å². The summed E-state index contributed by atoms with van der Waals surface area (Å²) in [4.78, 5) is 12.9. The highest BCUT2D eigenvalue weighted by atomic mass is 35.5. The Morgan fingerprint density at radius 1 is 1.35 bits per heavy atom. The molecule has 2 fully saturated rings. The maximum absolute atomic E-state index is 11.2. The molecule has 0 spiro atoms. The highest BCUT2D eigenvalue weighted by Gasteiger charge is 2.36. The molecule has 0 aliphatic carbocycles. The highest BCUT2D eigenvalue weighted by Crippen LogP contribution is 2.36. The van der Waals surface area contributed by atoms with Gasteiger partial charge >= 0.3 is 0 Å². The van der Waals surface area contributed by atoms with E-state index in [-0.39, 0.29) is 10.6 Å². The molecule has 2 heterocycles. The maximum Gasteiger partial charge on any atom is 0.292 e. The number of piperidine rings is 1. The minimum absolute atomic E-state index is 0.128. The zero-order valence-corrected chi connectivity index (χ0v) is 12.1. The Morgan fingerprint density at radius 2 is 2.00 bits per heavy atom. The number of nitro benzene ring substituents is 1. The van der Waals surface area contributed by atoms with Crippen molar-refractivity contribution in [2.45, 2.75) is 43.8 Å². The zero-order valence-electron chi connectivity index (χ0n) is 11.4. The molecule has 2 aliphatic rings. The fourth-order valence-corrected chi connectivity index (χ4v) is 3.64. The normalized spacial score (nSPS) is 28.4. The minimum atomic E-state index is -0.335. The van der Waals surface area contributed by atoms with Crippen LogP contribution in [0.3, 0.4) is 0 Å². The van der Waals surface area contributed by atoms with E-state index < -0.39 is 0 Å². The predicted molar refractivity (Wildman–Crippen MR) is 79.5 cm³/mol. The van der Waals surface area contributed by atoms with Gasteiger partial charge in [-0.15, -0.1) is 0 Å². The lowest BCUT2D eigenvalue weighted by atomic mass is 9.98. The molecule has 0 radical (unpaired) electrons. The molecule has 2 unspecified atom stereocenters. The molecule has 2 aliphatic heterocycles. The van der Waals surface area contributed by atoms with Gasteiger partial charge in [0.15, 0.2) is 0 Å². The monoisotopic (exact) mass is 295 g/mol. The van der Waals surface area contributed by atoms with Gasteiger partial charge in [-0.05, 0) is 37.8 Å². The molecule has 2 bridgehead atoms. The van der Waals surface area contributed by atoms with Crippen LogP contribution in [0.25, 0.3) is 0 Å². The van der Waals surface area contributed by atoms with Gasteiger partial charge in [0.05, 0.1) is 4.92 Å². The first-order valence-electron chi connectivity index (χ1n) is 6.97. The molecule has 0 saturated carbocycles. The van der Waals surface area contributed by atoms with E-state index in [0.717, 1.165) is 12.8 Å². The number of rotatable bonds is 3. The van der Waals surface area contributed by atoms with Crippen LogP contribution in [0, 0.1) is 10.1 Å². The number of halogens is 1. The minimum Gasteiger partial charge on any atom is -0.366 e. The van der Waals surface area contributed by atoms with E-state index in [1.807, 2.05) is 11.9 Å². The van der Waals surface area contributed by atoms with Crippen LogP contribution in [0.1, 0.15) is 25.7 Å². The highest BCUT2D eigenvalue weighted by molar-refractivity contribution is 6.31. The third-order valence-electron chi connectivity index (χ3n) is 4.51. The van der Waals surface area contributed by atoms with Gasteiger partial charge in [0, 0.05) is 36.3 Å². The second-order valence-corrected chi connectivity index (χ2v) is 6.20. The van der Waals surface area contributed by atoms with Gasteiger partial charge in [0.25, 0.3) is 5.69 Å². The van der Waals surface area contributed by atoms with Crippen molar-refractivity contribution in [2.24, 2.45) is 0 Å². The largest absolute Gasteiger partial charge is 0.366 e. The SMILES string of the molecule is CN(c1cc(Cl)ccc1[N+](=O)[O-])C1CC2CCC(C1)N2. The van der Waals surface area contributed by atoms with E-state index in [1.165, 1.54) is 18.9 Å². The van der Waals surface area contributed by atoms with Crippen molar-refractivity contribution in [3.8, 4) is 0 Å². The average molecular weight is 296 g/mol. The standard InChI is InChI=1S/C14H18ClN3O2/c1-17(12-7-10-3-4-11(8-12)16-10)14-6-9(15)2-5-13(14)18(19)20/h2,5-6,10-12,16H,3-4,7-8H2,1H3. The Kier molecular flexibility index (Phi) is 3.56. The van der Waals surface area contributed by atoms with E-state index in [9.17, 15) is 10.1 Å². The van der Waals surface area contributed by atoms with Crippen molar-refractivity contribution in [1.82, 2.24) is 5.32 Å². The smallest absolute Gasteiger partial charge is 0.292 e. The molecule has 1 aromatic rings. The van der Waals surface area contributed by atoms with Crippen molar-refractivity contribution in [3.63, 3.8) is 0 Å². The Balaban J connectivity index is 1.88. The Hall–Kier alpha value is -1.33. The third-order valence-corrected chi connectivity index (χ3v) is 4.75. The summed E-state index contributed by atoms with van der Waals surface area (Å²) in [5.41, 5.74) is 0.747. The van der Waals surface area contributed by atoms with Gasteiger partial charge in [-0.2, -0.15) is 0 Å². The summed E-state index contributed by atoms with van der Waals surface area (Å²) in [6, 6.07) is 6.21. The molecule has 6 heteroatoms. The second-order valence-electron chi connectivity index (χ2n) is 5.76. The van der Waals surface area contributed by atoms with Gasteiger partial charge in [-0.25, -0.2) is 0 Å². The van der Waals surface area contributed by atoms with E-state index in [0.29, 0.717) is 28.8 Å². The molecule has 0 aromatic heterocycles. The molecule has 1 N–H and O–H groups in total. The van der Waals surface area contributed by atoms with Crippen molar-refractivity contribution in [3.05, 3.63) is 33.3 Å². The van der Waals surface area contributed by atoms with Crippen LogP contribution in [0.5, 0.6) is 0 Å². The summed E-state index contributed by atoms with van der Waals surface area (Å²) >= 11 is 6.01. The topological polar surface area (TPSA) is 58.4 Å². The number of hydrogen-bond acceptors (Lipinski definition) is 4. The number of nitrogens with one attached hydrogen (secondary N) is 1. The fourth-order valence-electron chi connectivity index (χ4n) is 3.47. The molecule has 2 saturated heterocycles. The molecular weight excluding hydrogens is 278 g/mol. The number of hydrogen-bond donors (Lipinski definition) is 1. The van der Waals surface area contributed by atoms with Crippen molar-refractivity contribution in [1.29, 1.82) is 0 Å². The van der Waals surface area contributed by atoms with Crippen LogP contribution in [0.4, 0.5) is 11.4 Å². The van der Waals surface area contributed by atoms with Crippen LogP contribution in [0.15, 0.2) is 18.2 Å². The van der Waals surface area contributed by atoms with Crippen molar-refractivity contribution in [2.75, 3.05) is 11.9 Å². The summed E-state index contributed by atoms with van der Waals surface area (Å²) in [5.74, 6) is 0. The maximum atomic E-state index is 11.2. The molecule has 108 valence electrons. The number of fused-ring (bicyclic) bond motifs is 2. The fraction of sp³-hybridized carbons (Fsp3) is 0.571. The van der Waals surface area contributed by atoms with Gasteiger partial charge in [0.2, 0.25) is 0 Å². The van der Waals surface area contributed by atoms with E-state index >= 15 is 0 Å². The lowest BCUT2D eigenvalue weighted by molar-refractivity contribution is -0.384. The first kappa shape index (κ1) is 13.6. The summed E-state index contributed by atoms with van der Waals surface area (Å²) in [6.45, 7) is 0. The third kappa shape index (κ3) is 2.47. The van der Waals surface area contributed by atoms with Crippen LogP contribution >= 0.6 is 11.6 Å². The van der Waals surface area contributed by atoms with Gasteiger partial charge in [0.1, 0.15) is 5.69 Å². The quantitative estimate of drug-likeness (QED) is 0.688. The van der Waals surface area contributed by atoms with Crippen molar-refractivity contribution >= 4 is 23.0 Å². The molecule has 2 atom stereocenters. The lowest BCUT2D eigenvalue weighted by Crippen LogP contribution is -2.47. The molecule has 0 amide bonds. The van der Waals surface area contributed by atoms with Crippen LogP contribution < -0.4 is 10.2 Å². The number of benzene rings is 1. The number of anilines is 1. The Labute approximate surface area is 123 Å². The van der Waals surface area contributed by atoms with E-state index in [2.05, 4.69) is 5.32 Å². The number of nitrogens with zero attached hydrogens (tertiary/aromatic N) is 2. The summed E-state index contributed by atoms with van der Waals surface area (Å²) in [7, 11) is 1.94. The van der Waals surface area contributed by atoms with E-state index in [4.69, 9.17) is 11.6 Å². The first-order chi connectivity index (χ1) is 9.54. The number of nitro groups is 1. The Bertz CT molecular complexity index is 525. The molecular formula is C14H18ClN3O2. The summed E-state index contributed by atoms with van der Waals surface area (Å²) in [6.07, 6.45) is 4.51. The average Bonchev–Trinajstić information content (AvgIpc) is 2.76. The zero-order chi connectivity index (χ0) is 14.3. The Morgan fingerprint density at radius 3 is 2.60 bits per heavy atom. The summed E-state index contributed by atoms with van der Waals surface area (Å²) in [5, 5.41) is 15.3.